The van der Waals surface area contributed by atoms with Gasteiger partial charge in [0.15, 0.2) is 0 Å². The van der Waals surface area contributed by atoms with Gasteiger partial charge in [0.25, 0.3) is 10.0 Å². The molecule has 5 heteroatoms. The minimum Gasteiger partial charge on any atom is -0.392 e. The summed E-state index contributed by atoms with van der Waals surface area (Å²) in [5.74, 6) is 0.0770. The molecule has 1 aromatic rings. The molecule has 92 valence electrons. The third-order valence-corrected chi connectivity index (χ3v) is 4.25. The van der Waals surface area contributed by atoms with Crippen molar-refractivity contribution in [1.82, 2.24) is 0 Å². The van der Waals surface area contributed by atoms with E-state index in [2.05, 4.69) is 4.40 Å². The van der Waals surface area contributed by atoms with Gasteiger partial charge in [-0.25, -0.2) is 0 Å². The summed E-state index contributed by atoms with van der Waals surface area (Å²) >= 11 is 0. The molecule has 0 bridgehead atoms. The van der Waals surface area contributed by atoms with E-state index in [0.717, 1.165) is 0 Å². The lowest BCUT2D eigenvalue weighted by atomic mass is 9.98. The van der Waals surface area contributed by atoms with Crippen LogP contribution in [0.3, 0.4) is 0 Å². The van der Waals surface area contributed by atoms with Crippen LogP contribution in [0, 0.1) is 5.92 Å². The lowest BCUT2D eigenvalue weighted by Crippen LogP contribution is -2.19. The number of benzene rings is 1. The summed E-state index contributed by atoms with van der Waals surface area (Å²) in [5, 5.41) is 9.81. The number of sulfonamides is 1. The first-order valence-corrected chi connectivity index (χ1v) is 6.97. The number of hydrogen-bond acceptors (Lipinski definition) is 3. The summed E-state index contributed by atoms with van der Waals surface area (Å²) in [4.78, 5) is 0.242. The third-order valence-electron chi connectivity index (χ3n) is 2.88. The predicted molar refractivity (Wildman–Crippen MR) is 65.6 cm³/mol. The fourth-order valence-electron chi connectivity index (χ4n) is 1.75. The van der Waals surface area contributed by atoms with Gasteiger partial charge in [-0.15, -0.1) is 0 Å². The van der Waals surface area contributed by atoms with Gasteiger partial charge < -0.3 is 5.11 Å². The number of fused-ring (bicyclic) bond motifs is 1. The average Bonchev–Trinajstić information content (AvgIpc) is 2.51. The van der Waals surface area contributed by atoms with Crippen LogP contribution in [0.2, 0.25) is 0 Å². The predicted octanol–water partition coefficient (Wildman–Crippen LogP) is 1.58. The molecule has 17 heavy (non-hydrogen) atoms. The second-order valence-corrected chi connectivity index (χ2v) is 6.10. The number of rotatable bonds is 3. The molecule has 0 aromatic heterocycles. The monoisotopic (exact) mass is 253 g/mol. The summed E-state index contributed by atoms with van der Waals surface area (Å²) in [6.07, 6.45) is -0.302. The number of aliphatic hydroxyl groups excluding tert-OH is 1. The SMILES string of the molecule is CC(C)C(O)CC1=NS(=O)(=O)c2ccccc21. The topological polar surface area (TPSA) is 66.7 Å². The van der Waals surface area contributed by atoms with Gasteiger partial charge in [-0.2, -0.15) is 12.8 Å². The van der Waals surface area contributed by atoms with E-state index >= 15 is 0 Å². The Hall–Kier alpha value is -1.20. The van der Waals surface area contributed by atoms with Crippen molar-refractivity contribution in [2.24, 2.45) is 10.3 Å². The zero-order valence-electron chi connectivity index (χ0n) is 9.79. The molecule has 4 nitrogen and oxygen atoms in total. The maximum absolute atomic E-state index is 11.7. The summed E-state index contributed by atoms with van der Waals surface area (Å²) in [7, 11) is -3.55. The molecular formula is C12H15NO3S. The van der Waals surface area contributed by atoms with Gasteiger partial charge in [0.1, 0.15) is 0 Å². The van der Waals surface area contributed by atoms with Crippen molar-refractivity contribution in [1.29, 1.82) is 0 Å². The van der Waals surface area contributed by atoms with Gasteiger partial charge in [0, 0.05) is 12.0 Å². The van der Waals surface area contributed by atoms with Crippen molar-refractivity contribution >= 4 is 15.7 Å². The van der Waals surface area contributed by atoms with Crippen LogP contribution < -0.4 is 0 Å². The molecular weight excluding hydrogens is 238 g/mol. The van der Waals surface area contributed by atoms with E-state index in [4.69, 9.17) is 0 Å². The summed E-state index contributed by atoms with van der Waals surface area (Å²) in [6, 6.07) is 6.72. The highest BCUT2D eigenvalue weighted by Gasteiger charge is 2.29. The standard InChI is InChI=1S/C12H15NO3S/c1-8(2)11(14)7-10-9-5-3-4-6-12(9)17(15,16)13-10/h3-6,8,11,14H,7H2,1-2H3. The van der Waals surface area contributed by atoms with Gasteiger partial charge in [0.05, 0.1) is 16.7 Å². The molecule has 1 aliphatic rings. The Morgan fingerprint density at radius 3 is 2.59 bits per heavy atom. The first kappa shape index (κ1) is 12.3. The molecule has 0 radical (unpaired) electrons. The summed E-state index contributed by atoms with van der Waals surface area (Å²) < 4.78 is 27.2. The van der Waals surface area contributed by atoms with Crippen LogP contribution in [0.1, 0.15) is 25.8 Å². The normalized spacial score (nSPS) is 18.9. The Kier molecular flexibility index (Phi) is 3.05. The van der Waals surface area contributed by atoms with Gasteiger partial charge in [-0.1, -0.05) is 32.0 Å². The molecule has 2 rings (SSSR count). The quantitative estimate of drug-likeness (QED) is 0.889. The minimum atomic E-state index is -3.55. The van der Waals surface area contributed by atoms with E-state index < -0.39 is 16.1 Å². The van der Waals surface area contributed by atoms with E-state index in [1.54, 1.807) is 24.3 Å². The lowest BCUT2D eigenvalue weighted by molar-refractivity contribution is 0.133. The molecule has 1 N–H and O–H groups in total. The van der Waals surface area contributed by atoms with Gasteiger partial charge >= 0.3 is 0 Å². The zero-order valence-corrected chi connectivity index (χ0v) is 10.6. The van der Waals surface area contributed by atoms with Crippen LogP contribution in [0.5, 0.6) is 0 Å². The average molecular weight is 253 g/mol. The molecule has 0 spiro atoms. The van der Waals surface area contributed by atoms with Crippen molar-refractivity contribution in [2.45, 2.75) is 31.3 Å². The largest absolute Gasteiger partial charge is 0.392 e. The first-order valence-electron chi connectivity index (χ1n) is 5.53. The van der Waals surface area contributed by atoms with Crippen molar-refractivity contribution in [2.75, 3.05) is 0 Å². The second-order valence-electron chi connectivity index (χ2n) is 4.52. The third kappa shape index (κ3) is 2.25. The Balaban J connectivity index is 2.39. The van der Waals surface area contributed by atoms with Gasteiger partial charge in [-0.05, 0) is 12.0 Å². The smallest absolute Gasteiger partial charge is 0.283 e. The van der Waals surface area contributed by atoms with Gasteiger partial charge in [0.2, 0.25) is 0 Å². The van der Waals surface area contributed by atoms with Crippen molar-refractivity contribution in [3.8, 4) is 0 Å². The van der Waals surface area contributed by atoms with E-state index in [-0.39, 0.29) is 17.2 Å². The number of nitrogens with zero attached hydrogens (tertiary/aromatic N) is 1. The molecule has 0 fully saturated rings. The highest BCUT2D eigenvalue weighted by molar-refractivity contribution is 7.90. The highest BCUT2D eigenvalue weighted by Crippen LogP contribution is 2.28. The van der Waals surface area contributed by atoms with Crippen LogP contribution in [0.25, 0.3) is 0 Å². The summed E-state index contributed by atoms with van der Waals surface area (Å²) in [6.45, 7) is 3.78. The molecule has 0 saturated heterocycles. The molecule has 1 unspecified atom stereocenters. The molecule has 0 aliphatic carbocycles. The van der Waals surface area contributed by atoms with E-state index in [0.29, 0.717) is 11.3 Å². The Morgan fingerprint density at radius 2 is 1.94 bits per heavy atom. The van der Waals surface area contributed by atoms with Crippen LogP contribution in [-0.2, 0) is 10.0 Å². The molecule has 1 aliphatic heterocycles. The van der Waals surface area contributed by atoms with Crippen LogP contribution >= 0.6 is 0 Å². The molecule has 1 atom stereocenters. The van der Waals surface area contributed by atoms with Crippen molar-refractivity contribution < 1.29 is 13.5 Å². The van der Waals surface area contributed by atoms with Crippen LogP contribution in [0.4, 0.5) is 0 Å². The van der Waals surface area contributed by atoms with Crippen molar-refractivity contribution in [3.05, 3.63) is 29.8 Å². The van der Waals surface area contributed by atoms with E-state index in [1.807, 2.05) is 13.8 Å². The minimum absolute atomic E-state index is 0.0770. The first-order chi connectivity index (χ1) is 7.92. The van der Waals surface area contributed by atoms with E-state index in [9.17, 15) is 13.5 Å². The van der Waals surface area contributed by atoms with Gasteiger partial charge in [-0.3, -0.25) is 0 Å². The fraction of sp³-hybridized carbons (Fsp3) is 0.417. The Morgan fingerprint density at radius 1 is 1.29 bits per heavy atom. The Labute approximate surface area is 101 Å². The zero-order chi connectivity index (χ0) is 12.6. The van der Waals surface area contributed by atoms with Crippen molar-refractivity contribution in [3.63, 3.8) is 0 Å². The summed E-state index contributed by atoms with van der Waals surface area (Å²) in [5.41, 5.74) is 1.08. The van der Waals surface area contributed by atoms with Crippen LogP contribution in [-0.4, -0.2) is 25.3 Å². The molecule has 0 amide bonds. The second kappa shape index (κ2) is 4.23. The molecule has 0 saturated carbocycles. The number of hydrogen-bond donors (Lipinski definition) is 1. The van der Waals surface area contributed by atoms with E-state index in [1.165, 1.54) is 0 Å². The van der Waals surface area contributed by atoms with Crippen LogP contribution in [0.15, 0.2) is 33.6 Å². The fourth-order valence-corrected chi connectivity index (χ4v) is 3.03. The Bertz CT molecular complexity index is 561. The maximum Gasteiger partial charge on any atom is 0.283 e. The molecule has 1 aromatic carbocycles. The lowest BCUT2D eigenvalue weighted by Gasteiger charge is -2.13. The maximum atomic E-state index is 11.7. The number of aliphatic hydroxyl groups is 1. The highest BCUT2D eigenvalue weighted by atomic mass is 32.2. The molecule has 1 heterocycles.